The number of guanidine groups is 1. The molecule has 1 atom stereocenters. The molecule has 0 aliphatic carbocycles. The number of para-hydroxylation sites is 2. The van der Waals surface area contributed by atoms with Gasteiger partial charge in [-0.1, -0.05) is 12.1 Å². The van der Waals surface area contributed by atoms with E-state index in [1.54, 1.807) is 14.2 Å². The Morgan fingerprint density at radius 1 is 1.15 bits per heavy atom. The minimum atomic E-state index is 0. The van der Waals surface area contributed by atoms with Gasteiger partial charge < -0.3 is 25.0 Å². The number of benzene rings is 2. The summed E-state index contributed by atoms with van der Waals surface area (Å²) in [5.74, 6) is 3.82. The van der Waals surface area contributed by atoms with Gasteiger partial charge in [0.05, 0.1) is 19.9 Å². The Kier molecular flexibility index (Phi) is 9.37. The van der Waals surface area contributed by atoms with Crippen molar-refractivity contribution in [2.75, 3.05) is 38.8 Å². The minimum absolute atomic E-state index is 0. The maximum absolute atomic E-state index is 5.52. The van der Waals surface area contributed by atoms with Crippen LogP contribution in [-0.2, 0) is 6.54 Å². The Morgan fingerprint density at radius 3 is 2.68 bits per heavy atom. The standard InChI is InChI=1S/C24H31N7O2.HI/c1-4-25-24(27-18-13-14-31(16-18)20-7-5-6-8-21(20)33-3)26-15-22-28-23(30-29-22)17-9-11-19(32-2)12-10-17;/h5-12,18H,4,13-16H2,1-3H3,(H2,25,26,27)(H,28,29,30);1H. The summed E-state index contributed by atoms with van der Waals surface area (Å²) in [6.45, 7) is 5.09. The monoisotopic (exact) mass is 577 g/mol. The molecule has 10 heteroatoms. The molecule has 0 spiro atoms. The quantitative estimate of drug-likeness (QED) is 0.214. The molecule has 1 aliphatic heterocycles. The first-order valence-corrected chi connectivity index (χ1v) is 11.2. The van der Waals surface area contributed by atoms with Crippen LogP contribution in [0.3, 0.4) is 0 Å². The van der Waals surface area contributed by atoms with E-state index in [0.29, 0.717) is 18.2 Å². The van der Waals surface area contributed by atoms with Gasteiger partial charge in [0.15, 0.2) is 11.8 Å². The van der Waals surface area contributed by atoms with Gasteiger partial charge in [-0.2, -0.15) is 5.10 Å². The van der Waals surface area contributed by atoms with Gasteiger partial charge >= 0.3 is 0 Å². The molecule has 1 unspecified atom stereocenters. The average molecular weight is 577 g/mol. The van der Waals surface area contributed by atoms with Gasteiger partial charge in [-0.15, -0.1) is 24.0 Å². The van der Waals surface area contributed by atoms with E-state index in [-0.39, 0.29) is 30.0 Å². The van der Waals surface area contributed by atoms with E-state index in [0.717, 1.165) is 54.8 Å². The molecule has 1 fully saturated rings. The number of halogens is 1. The summed E-state index contributed by atoms with van der Waals surface area (Å²) in [5, 5.41) is 14.2. The summed E-state index contributed by atoms with van der Waals surface area (Å²) in [6.07, 6.45) is 1.02. The van der Waals surface area contributed by atoms with Gasteiger partial charge in [0, 0.05) is 31.2 Å². The number of ether oxygens (including phenoxy) is 2. The second kappa shape index (κ2) is 12.4. The molecule has 4 rings (SSSR count). The third-order valence-corrected chi connectivity index (χ3v) is 5.57. The largest absolute Gasteiger partial charge is 0.497 e. The number of anilines is 1. The highest BCUT2D eigenvalue weighted by atomic mass is 127. The molecule has 34 heavy (non-hydrogen) atoms. The molecule has 9 nitrogen and oxygen atoms in total. The maximum Gasteiger partial charge on any atom is 0.191 e. The van der Waals surface area contributed by atoms with Crippen molar-refractivity contribution >= 4 is 35.6 Å². The van der Waals surface area contributed by atoms with Crippen LogP contribution in [0.5, 0.6) is 11.5 Å². The highest BCUT2D eigenvalue weighted by Gasteiger charge is 2.25. The number of aliphatic imine (C=N–C) groups is 1. The van der Waals surface area contributed by atoms with Gasteiger partial charge in [-0.05, 0) is 49.7 Å². The van der Waals surface area contributed by atoms with Crippen molar-refractivity contribution in [3.63, 3.8) is 0 Å². The molecule has 0 bridgehead atoms. The van der Waals surface area contributed by atoms with Crippen LogP contribution >= 0.6 is 24.0 Å². The van der Waals surface area contributed by atoms with Crippen molar-refractivity contribution in [2.45, 2.75) is 25.9 Å². The zero-order chi connectivity index (χ0) is 23.0. The van der Waals surface area contributed by atoms with Crippen LogP contribution in [0.4, 0.5) is 5.69 Å². The van der Waals surface area contributed by atoms with E-state index in [1.165, 1.54) is 0 Å². The highest BCUT2D eigenvalue weighted by Crippen LogP contribution is 2.30. The first-order chi connectivity index (χ1) is 16.2. The predicted octanol–water partition coefficient (Wildman–Crippen LogP) is 3.44. The van der Waals surface area contributed by atoms with Crippen molar-refractivity contribution < 1.29 is 9.47 Å². The normalized spacial score (nSPS) is 15.6. The third kappa shape index (κ3) is 6.31. The topological polar surface area (TPSA) is 99.7 Å². The first-order valence-electron chi connectivity index (χ1n) is 11.2. The molecule has 0 radical (unpaired) electrons. The number of H-pyrrole nitrogens is 1. The van der Waals surface area contributed by atoms with E-state index in [9.17, 15) is 0 Å². The minimum Gasteiger partial charge on any atom is -0.497 e. The highest BCUT2D eigenvalue weighted by molar-refractivity contribution is 14.0. The van der Waals surface area contributed by atoms with Crippen LogP contribution < -0.4 is 25.0 Å². The Labute approximate surface area is 217 Å². The molecule has 3 N–H and O–H groups in total. The Balaban J connectivity index is 0.00000324. The number of methoxy groups -OCH3 is 2. The summed E-state index contributed by atoms with van der Waals surface area (Å²) in [6, 6.07) is 16.1. The van der Waals surface area contributed by atoms with Crippen molar-refractivity contribution in [3.05, 3.63) is 54.4 Å². The van der Waals surface area contributed by atoms with E-state index >= 15 is 0 Å². The van der Waals surface area contributed by atoms with Crippen LogP contribution in [0.25, 0.3) is 11.4 Å². The lowest BCUT2D eigenvalue weighted by atomic mass is 10.2. The molecular weight excluding hydrogens is 545 g/mol. The van der Waals surface area contributed by atoms with Crippen LogP contribution in [-0.4, -0.2) is 61.0 Å². The molecule has 0 amide bonds. The fourth-order valence-corrected chi connectivity index (χ4v) is 3.89. The second-order valence-electron chi connectivity index (χ2n) is 7.78. The van der Waals surface area contributed by atoms with Crippen LogP contribution in [0.2, 0.25) is 0 Å². The zero-order valence-electron chi connectivity index (χ0n) is 19.7. The molecule has 182 valence electrons. The predicted molar refractivity (Wildman–Crippen MR) is 145 cm³/mol. The molecular formula is C24H32IN7O2. The van der Waals surface area contributed by atoms with Crippen molar-refractivity contribution in [3.8, 4) is 22.9 Å². The number of rotatable bonds is 8. The Hall–Kier alpha value is -3.02. The number of nitrogens with zero attached hydrogens (tertiary/aromatic N) is 4. The fraction of sp³-hybridized carbons (Fsp3) is 0.375. The lowest BCUT2D eigenvalue weighted by Crippen LogP contribution is -2.44. The molecule has 2 aromatic carbocycles. The summed E-state index contributed by atoms with van der Waals surface area (Å²) in [7, 11) is 3.36. The van der Waals surface area contributed by atoms with Crippen LogP contribution in [0, 0.1) is 0 Å². The SMILES string of the molecule is CCNC(=NCc1nc(-c2ccc(OC)cc2)n[nH]1)NC1CCN(c2ccccc2OC)C1.I. The van der Waals surface area contributed by atoms with Gasteiger partial charge in [0.1, 0.15) is 23.9 Å². The molecule has 1 saturated heterocycles. The fourth-order valence-electron chi connectivity index (χ4n) is 3.89. The lowest BCUT2D eigenvalue weighted by Gasteiger charge is -2.22. The molecule has 0 saturated carbocycles. The van der Waals surface area contributed by atoms with Gasteiger partial charge in [0.25, 0.3) is 0 Å². The lowest BCUT2D eigenvalue weighted by molar-refractivity contribution is 0.414. The van der Waals surface area contributed by atoms with Crippen molar-refractivity contribution in [2.24, 2.45) is 4.99 Å². The van der Waals surface area contributed by atoms with Gasteiger partial charge in [0.2, 0.25) is 0 Å². The smallest absolute Gasteiger partial charge is 0.191 e. The summed E-state index contributed by atoms with van der Waals surface area (Å²) < 4.78 is 10.7. The summed E-state index contributed by atoms with van der Waals surface area (Å²) in [5.41, 5.74) is 2.05. The van der Waals surface area contributed by atoms with Gasteiger partial charge in [-0.25, -0.2) is 9.98 Å². The third-order valence-electron chi connectivity index (χ3n) is 5.57. The Morgan fingerprint density at radius 2 is 1.94 bits per heavy atom. The number of hydrogen-bond acceptors (Lipinski definition) is 6. The first kappa shape index (κ1) is 25.6. The van der Waals surface area contributed by atoms with Crippen LogP contribution in [0.15, 0.2) is 53.5 Å². The molecule has 2 heterocycles. The van der Waals surface area contributed by atoms with Crippen LogP contribution in [0.1, 0.15) is 19.2 Å². The van der Waals surface area contributed by atoms with Crippen molar-refractivity contribution in [1.29, 1.82) is 0 Å². The molecule has 1 aromatic heterocycles. The van der Waals surface area contributed by atoms with E-state index < -0.39 is 0 Å². The van der Waals surface area contributed by atoms with Crippen molar-refractivity contribution in [1.82, 2.24) is 25.8 Å². The second-order valence-corrected chi connectivity index (χ2v) is 7.78. The number of aromatic nitrogens is 3. The summed E-state index contributed by atoms with van der Waals surface area (Å²) in [4.78, 5) is 11.6. The number of hydrogen-bond donors (Lipinski definition) is 3. The molecule has 1 aliphatic rings. The van der Waals surface area contributed by atoms with E-state index in [2.05, 4.69) is 43.7 Å². The number of aromatic amines is 1. The Bertz CT molecular complexity index is 1070. The summed E-state index contributed by atoms with van der Waals surface area (Å²) >= 11 is 0. The zero-order valence-corrected chi connectivity index (χ0v) is 22.1. The van der Waals surface area contributed by atoms with E-state index in [4.69, 9.17) is 14.5 Å². The average Bonchev–Trinajstić information content (AvgIpc) is 3.52. The maximum atomic E-state index is 5.52. The van der Waals surface area contributed by atoms with E-state index in [1.807, 2.05) is 42.5 Å². The van der Waals surface area contributed by atoms with Gasteiger partial charge in [-0.3, -0.25) is 5.10 Å². The molecule has 3 aromatic rings. The number of nitrogens with one attached hydrogen (secondary N) is 3.